The van der Waals surface area contributed by atoms with Crippen LogP contribution in [0.4, 0.5) is 5.69 Å². The number of H-pyrrole nitrogens is 1. The van der Waals surface area contributed by atoms with Crippen molar-refractivity contribution in [2.24, 2.45) is 0 Å². The minimum absolute atomic E-state index is 0.0720. The third-order valence-electron chi connectivity index (χ3n) is 5.62. The highest BCUT2D eigenvalue weighted by Crippen LogP contribution is 2.25. The fraction of sp³-hybridized carbons (Fsp3) is 0.280. The van der Waals surface area contributed by atoms with Crippen molar-refractivity contribution < 1.29 is 14.3 Å². The van der Waals surface area contributed by atoms with E-state index >= 15 is 0 Å². The number of aromatic nitrogens is 4. The second-order valence-corrected chi connectivity index (χ2v) is 8.13. The van der Waals surface area contributed by atoms with Gasteiger partial charge in [-0.15, -0.1) is 0 Å². The van der Waals surface area contributed by atoms with E-state index in [2.05, 4.69) is 32.6 Å². The Hall–Kier alpha value is -3.98. The molecule has 0 unspecified atom stereocenters. The van der Waals surface area contributed by atoms with Crippen molar-refractivity contribution >= 4 is 28.5 Å². The third kappa shape index (κ3) is 5.49. The van der Waals surface area contributed by atoms with Crippen LogP contribution in [0.1, 0.15) is 21.5 Å². The molecule has 0 saturated carbocycles. The number of methoxy groups -OCH3 is 1. The van der Waals surface area contributed by atoms with Gasteiger partial charge in [0.1, 0.15) is 6.61 Å². The van der Waals surface area contributed by atoms with E-state index in [1.807, 2.05) is 29.0 Å². The molecule has 4 rings (SSSR count). The fourth-order valence-electron chi connectivity index (χ4n) is 3.85. The van der Waals surface area contributed by atoms with Crippen molar-refractivity contribution in [2.75, 3.05) is 32.6 Å². The standard InChI is InChI=1S/C25H28N6O3/c1-30(10-8-19-14-27-28-15-19)25(33)21-12-20(29-23(32)16-34-2)13-22-24(21)31(17-26-22)11-9-18-6-4-3-5-7-18/h3-7,12-15,17H,8-11,16H2,1-2H3,(H,27,28)(H,29,32). The highest BCUT2D eigenvalue weighted by molar-refractivity contribution is 6.07. The van der Waals surface area contributed by atoms with E-state index in [0.29, 0.717) is 36.3 Å². The monoisotopic (exact) mass is 460 g/mol. The molecule has 9 heteroatoms. The number of carbonyl (C=O) groups excluding carboxylic acids is 2. The molecule has 0 aliphatic heterocycles. The van der Waals surface area contributed by atoms with Crippen molar-refractivity contribution in [3.63, 3.8) is 0 Å². The van der Waals surface area contributed by atoms with E-state index in [1.54, 1.807) is 36.6 Å². The summed E-state index contributed by atoms with van der Waals surface area (Å²) in [5, 5.41) is 9.54. The summed E-state index contributed by atoms with van der Waals surface area (Å²) in [6, 6.07) is 13.7. The van der Waals surface area contributed by atoms with Crippen molar-refractivity contribution in [3.8, 4) is 0 Å². The Morgan fingerprint density at radius 2 is 1.97 bits per heavy atom. The highest BCUT2D eigenvalue weighted by Gasteiger charge is 2.20. The lowest BCUT2D eigenvalue weighted by Gasteiger charge is -2.19. The van der Waals surface area contributed by atoms with Gasteiger partial charge in [-0.3, -0.25) is 14.7 Å². The maximum absolute atomic E-state index is 13.5. The Balaban J connectivity index is 1.63. The minimum atomic E-state index is -0.294. The van der Waals surface area contributed by atoms with Crippen LogP contribution < -0.4 is 5.32 Å². The fourth-order valence-corrected chi connectivity index (χ4v) is 3.85. The highest BCUT2D eigenvalue weighted by atomic mass is 16.5. The SMILES string of the molecule is COCC(=O)Nc1cc(C(=O)N(C)CCc2cn[nH]c2)c2c(c1)ncn2CCc1ccccc1. The molecule has 0 aliphatic carbocycles. The van der Waals surface area contributed by atoms with Gasteiger partial charge in [-0.25, -0.2) is 4.98 Å². The van der Waals surface area contributed by atoms with Gasteiger partial charge in [0.15, 0.2) is 0 Å². The van der Waals surface area contributed by atoms with Gasteiger partial charge in [-0.2, -0.15) is 5.10 Å². The van der Waals surface area contributed by atoms with Gasteiger partial charge in [0.25, 0.3) is 5.91 Å². The average molecular weight is 461 g/mol. The maximum atomic E-state index is 13.5. The normalized spacial score (nSPS) is 11.0. The summed E-state index contributed by atoms with van der Waals surface area (Å²) < 4.78 is 6.91. The van der Waals surface area contributed by atoms with Crippen LogP contribution >= 0.6 is 0 Å². The number of likely N-dealkylation sites (N-methyl/N-ethyl adjacent to an activating group) is 1. The summed E-state index contributed by atoms with van der Waals surface area (Å²) >= 11 is 0. The molecule has 2 aromatic carbocycles. The molecular formula is C25H28N6O3. The summed E-state index contributed by atoms with van der Waals surface area (Å²) in [5.41, 5.74) is 4.63. The molecule has 4 aromatic rings. The van der Waals surface area contributed by atoms with Crippen molar-refractivity contribution in [1.82, 2.24) is 24.6 Å². The summed E-state index contributed by atoms with van der Waals surface area (Å²) in [4.78, 5) is 31.8. The lowest BCUT2D eigenvalue weighted by atomic mass is 10.1. The van der Waals surface area contributed by atoms with Gasteiger partial charge in [0, 0.05) is 39.1 Å². The number of aryl methyl sites for hydroxylation is 2. The molecule has 0 aliphatic rings. The van der Waals surface area contributed by atoms with Gasteiger partial charge in [0.2, 0.25) is 5.91 Å². The third-order valence-corrected chi connectivity index (χ3v) is 5.62. The number of ether oxygens (including phenoxy) is 1. The van der Waals surface area contributed by atoms with Crippen LogP contribution in [0, 0.1) is 0 Å². The lowest BCUT2D eigenvalue weighted by molar-refractivity contribution is -0.119. The predicted molar refractivity (Wildman–Crippen MR) is 130 cm³/mol. The zero-order valence-electron chi connectivity index (χ0n) is 19.3. The number of fused-ring (bicyclic) bond motifs is 1. The molecule has 0 radical (unpaired) electrons. The molecule has 0 bridgehead atoms. The van der Waals surface area contributed by atoms with E-state index in [4.69, 9.17) is 4.74 Å². The average Bonchev–Trinajstić information content (AvgIpc) is 3.51. The van der Waals surface area contributed by atoms with Gasteiger partial charge >= 0.3 is 0 Å². The van der Waals surface area contributed by atoms with E-state index in [1.165, 1.54) is 12.7 Å². The molecule has 0 saturated heterocycles. The number of nitrogens with zero attached hydrogens (tertiary/aromatic N) is 4. The number of hydrogen-bond acceptors (Lipinski definition) is 5. The number of hydrogen-bond donors (Lipinski definition) is 2. The molecule has 2 amide bonds. The number of rotatable bonds is 10. The summed E-state index contributed by atoms with van der Waals surface area (Å²) in [6.45, 7) is 1.13. The number of aromatic amines is 1. The number of carbonyl (C=O) groups is 2. The second-order valence-electron chi connectivity index (χ2n) is 8.13. The number of benzene rings is 2. The van der Waals surface area contributed by atoms with Crippen molar-refractivity contribution in [3.05, 3.63) is 77.9 Å². The molecule has 0 fully saturated rings. The topological polar surface area (TPSA) is 105 Å². The van der Waals surface area contributed by atoms with E-state index in [0.717, 1.165) is 17.5 Å². The molecule has 2 heterocycles. The molecular weight excluding hydrogens is 432 g/mol. The summed E-state index contributed by atoms with van der Waals surface area (Å²) in [6.07, 6.45) is 6.81. The zero-order chi connectivity index (χ0) is 23.9. The number of anilines is 1. The lowest BCUT2D eigenvalue weighted by Crippen LogP contribution is -2.29. The number of amides is 2. The van der Waals surface area contributed by atoms with Crippen LogP contribution in [-0.4, -0.2) is 63.8 Å². The first kappa shape index (κ1) is 23.2. The molecule has 0 spiro atoms. The summed E-state index contributed by atoms with van der Waals surface area (Å²) in [7, 11) is 3.23. The minimum Gasteiger partial charge on any atom is -0.375 e. The van der Waals surface area contributed by atoms with Crippen molar-refractivity contribution in [2.45, 2.75) is 19.4 Å². The Morgan fingerprint density at radius 1 is 1.15 bits per heavy atom. The summed E-state index contributed by atoms with van der Waals surface area (Å²) in [5.74, 6) is -0.435. The quantitative estimate of drug-likeness (QED) is 0.379. The molecule has 9 nitrogen and oxygen atoms in total. The van der Waals surface area contributed by atoms with Crippen LogP contribution in [0.5, 0.6) is 0 Å². The molecule has 2 aromatic heterocycles. The first-order valence-corrected chi connectivity index (χ1v) is 11.1. The van der Waals surface area contributed by atoms with Gasteiger partial charge in [-0.1, -0.05) is 30.3 Å². The van der Waals surface area contributed by atoms with E-state index < -0.39 is 0 Å². The Morgan fingerprint density at radius 3 is 2.71 bits per heavy atom. The first-order chi connectivity index (χ1) is 16.5. The Labute approximate surface area is 197 Å². The molecule has 176 valence electrons. The maximum Gasteiger partial charge on any atom is 0.255 e. The number of imidazole rings is 1. The van der Waals surface area contributed by atoms with E-state index in [-0.39, 0.29) is 18.4 Å². The first-order valence-electron chi connectivity index (χ1n) is 11.1. The van der Waals surface area contributed by atoms with Gasteiger partial charge < -0.3 is 19.5 Å². The second kappa shape index (κ2) is 10.8. The largest absolute Gasteiger partial charge is 0.375 e. The predicted octanol–water partition coefficient (Wildman–Crippen LogP) is 2.90. The Bertz CT molecular complexity index is 1250. The zero-order valence-corrected chi connectivity index (χ0v) is 19.3. The van der Waals surface area contributed by atoms with Crippen LogP contribution in [0.3, 0.4) is 0 Å². The van der Waals surface area contributed by atoms with Gasteiger partial charge in [0.05, 0.1) is 29.1 Å². The molecule has 34 heavy (non-hydrogen) atoms. The van der Waals surface area contributed by atoms with Crippen molar-refractivity contribution in [1.29, 1.82) is 0 Å². The Kier molecular flexibility index (Phi) is 7.34. The smallest absolute Gasteiger partial charge is 0.255 e. The van der Waals surface area contributed by atoms with Gasteiger partial charge in [-0.05, 0) is 36.1 Å². The van der Waals surface area contributed by atoms with E-state index in [9.17, 15) is 9.59 Å². The molecule has 2 N–H and O–H groups in total. The van der Waals surface area contributed by atoms with Crippen LogP contribution in [0.15, 0.2) is 61.2 Å². The van der Waals surface area contributed by atoms with Crippen LogP contribution in [0.2, 0.25) is 0 Å². The van der Waals surface area contributed by atoms with Crippen LogP contribution in [0.25, 0.3) is 11.0 Å². The molecule has 0 atom stereocenters. The van der Waals surface area contributed by atoms with Crippen LogP contribution in [-0.2, 0) is 28.9 Å². The number of nitrogens with one attached hydrogen (secondary N) is 2.